The second-order valence-electron chi connectivity index (χ2n) is 4.13. The Balaban J connectivity index is 2.85. The SMILES string of the molecule is C=C1/C=C\C(O)=C/C/N=C(O)\C(CCCCC)=N/1. The van der Waals surface area contributed by atoms with E-state index < -0.39 is 0 Å². The quantitative estimate of drug-likeness (QED) is 0.748. The molecule has 98 valence electrons. The molecule has 0 aromatic carbocycles. The summed E-state index contributed by atoms with van der Waals surface area (Å²) in [7, 11) is 0. The van der Waals surface area contributed by atoms with Crippen molar-refractivity contribution in [3.8, 4) is 0 Å². The summed E-state index contributed by atoms with van der Waals surface area (Å²) in [6, 6.07) is 0. The van der Waals surface area contributed by atoms with E-state index in [9.17, 15) is 10.2 Å². The molecule has 2 N–H and O–H groups in total. The number of unbranched alkanes of at least 4 members (excludes halogenated alkanes) is 2. The highest BCUT2D eigenvalue weighted by atomic mass is 16.3. The molecule has 0 unspecified atom stereocenters. The Labute approximate surface area is 108 Å². The molecule has 0 saturated carbocycles. The number of aliphatic imine (C=N–C) groups is 2. The third-order valence-electron chi connectivity index (χ3n) is 2.54. The normalized spacial score (nSPS) is 27.4. The molecule has 0 saturated heterocycles. The molecule has 1 aliphatic heterocycles. The van der Waals surface area contributed by atoms with Crippen molar-refractivity contribution in [1.29, 1.82) is 0 Å². The molecule has 1 rings (SSSR count). The molecular weight excluding hydrogens is 228 g/mol. The average Bonchev–Trinajstić information content (AvgIpc) is 2.34. The predicted octanol–water partition coefficient (Wildman–Crippen LogP) is 3.49. The molecule has 0 aromatic rings. The molecule has 0 aliphatic carbocycles. The van der Waals surface area contributed by atoms with Crippen LogP contribution in [0.5, 0.6) is 0 Å². The highest BCUT2D eigenvalue weighted by molar-refractivity contribution is 6.38. The molecule has 0 amide bonds. The van der Waals surface area contributed by atoms with Crippen molar-refractivity contribution in [2.24, 2.45) is 9.98 Å². The van der Waals surface area contributed by atoms with Crippen molar-refractivity contribution in [3.63, 3.8) is 0 Å². The maximum Gasteiger partial charge on any atom is 0.228 e. The lowest BCUT2D eigenvalue weighted by Gasteiger charge is -2.06. The van der Waals surface area contributed by atoms with Crippen molar-refractivity contribution in [3.05, 3.63) is 36.3 Å². The fourth-order valence-electron chi connectivity index (χ4n) is 1.54. The third-order valence-corrected chi connectivity index (χ3v) is 2.54. The molecule has 0 aromatic heterocycles. The van der Waals surface area contributed by atoms with Gasteiger partial charge in [0.2, 0.25) is 5.90 Å². The molecule has 0 radical (unpaired) electrons. The Hall–Kier alpha value is -1.84. The number of hydrogen-bond acceptors (Lipinski definition) is 3. The van der Waals surface area contributed by atoms with Crippen LogP contribution in [0.3, 0.4) is 0 Å². The van der Waals surface area contributed by atoms with Crippen molar-refractivity contribution in [2.75, 3.05) is 6.54 Å². The molecule has 4 nitrogen and oxygen atoms in total. The van der Waals surface area contributed by atoms with E-state index in [1.807, 2.05) is 0 Å². The van der Waals surface area contributed by atoms with Gasteiger partial charge in [-0.05, 0) is 31.1 Å². The van der Waals surface area contributed by atoms with Crippen molar-refractivity contribution in [2.45, 2.75) is 32.6 Å². The average molecular weight is 248 g/mol. The van der Waals surface area contributed by atoms with Gasteiger partial charge in [0, 0.05) is 0 Å². The maximum absolute atomic E-state index is 9.84. The minimum absolute atomic E-state index is 0.0633. The first kappa shape index (κ1) is 14.2. The summed E-state index contributed by atoms with van der Waals surface area (Å²) in [6.45, 7) is 6.12. The van der Waals surface area contributed by atoms with E-state index in [0.717, 1.165) is 19.3 Å². The second-order valence-corrected chi connectivity index (χ2v) is 4.13. The zero-order valence-corrected chi connectivity index (χ0v) is 10.8. The molecular formula is C14H20N2O2. The van der Waals surface area contributed by atoms with Gasteiger partial charge in [-0.25, -0.2) is 9.98 Å². The summed E-state index contributed by atoms with van der Waals surface area (Å²) < 4.78 is 0. The summed E-state index contributed by atoms with van der Waals surface area (Å²) in [5.74, 6) is 0.0314. The first-order chi connectivity index (χ1) is 8.63. The van der Waals surface area contributed by atoms with Crippen LogP contribution in [0.25, 0.3) is 0 Å². The zero-order chi connectivity index (χ0) is 13.4. The van der Waals surface area contributed by atoms with Gasteiger partial charge in [-0.15, -0.1) is 0 Å². The fraction of sp³-hybridized carbons (Fsp3) is 0.429. The first-order valence-electron chi connectivity index (χ1n) is 6.21. The number of aliphatic hydroxyl groups is 2. The van der Waals surface area contributed by atoms with E-state index in [0.29, 0.717) is 17.8 Å². The van der Waals surface area contributed by atoms with Crippen LogP contribution in [-0.2, 0) is 0 Å². The first-order valence-corrected chi connectivity index (χ1v) is 6.21. The van der Waals surface area contributed by atoms with Gasteiger partial charge in [0.15, 0.2) is 0 Å². The minimum atomic E-state index is -0.0633. The van der Waals surface area contributed by atoms with Crippen LogP contribution in [0.2, 0.25) is 0 Å². The lowest BCUT2D eigenvalue weighted by atomic mass is 10.1. The highest BCUT2D eigenvalue weighted by Crippen LogP contribution is 2.08. The van der Waals surface area contributed by atoms with E-state index in [2.05, 4.69) is 23.5 Å². The smallest absolute Gasteiger partial charge is 0.228 e. The molecule has 0 atom stereocenters. The fourth-order valence-corrected chi connectivity index (χ4v) is 1.54. The molecule has 1 aliphatic rings. The Bertz CT molecular complexity index is 418. The summed E-state index contributed by atoms with van der Waals surface area (Å²) in [4.78, 5) is 8.20. The van der Waals surface area contributed by atoms with Gasteiger partial charge in [0.25, 0.3) is 0 Å². The molecule has 0 fully saturated rings. The van der Waals surface area contributed by atoms with Crippen LogP contribution < -0.4 is 0 Å². The summed E-state index contributed by atoms with van der Waals surface area (Å²) in [5, 5.41) is 19.2. The summed E-state index contributed by atoms with van der Waals surface area (Å²) in [5.41, 5.74) is 1.05. The largest absolute Gasteiger partial charge is 0.508 e. The highest BCUT2D eigenvalue weighted by Gasteiger charge is 2.08. The lowest BCUT2D eigenvalue weighted by molar-refractivity contribution is 0.430. The van der Waals surface area contributed by atoms with Gasteiger partial charge in [-0.1, -0.05) is 26.3 Å². The summed E-state index contributed by atoms with van der Waals surface area (Å²) in [6.07, 6.45) is 8.52. The Kier molecular flexibility index (Phi) is 5.91. The Morgan fingerprint density at radius 3 is 2.78 bits per heavy atom. The number of aliphatic hydroxyl groups excluding tert-OH is 2. The monoisotopic (exact) mass is 248 g/mol. The standard InChI is InChI=1S/C14H20N2O2/c1-3-4-5-6-13-14(18)15-10-9-12(17)8-7-11(2)16-13/h7-9,17H,2-6,10H2,1H3,(H,15,18)/b8-7-,12-9+,16-13-. The van der Waals surface area contributed by atoms with Gasteiger partial charge in [-0.2, -0.15) is 0 Å². The van der Waals surface area contributed by atoms with Crippen LogP contribution in [0, 0.1) is 0 Å². The van der Waals surface area contributed by atoms with Crippen LogP contribution in [0.15, 0.2) is 46.2 Å². The van der Waals surface area contributed by atoms with E-state index in [1.54, 1.807) is 6.08 Å². The molecule has 4 heteroatoms. The van der Waals surface area contributed by atoms with E-state index in [1.165, 1.54) is 12.2 Å². The minimum Gasteiger partial charge on any atom is -0.508 e. The Morgan fingerprint density at radius 1 is 1.28 bits per heavy atom. The maximum atomic E-state index is 9.84. The van der Waals surface area contributed by atoms with Gasteiger partial charge >= 0.3 is 0 Å². The number of rotatable bonds is 4. The van der Waals surface area contributed by atoms with Gasteiger partial charge < -0.3 is 10.2 Å². The Morgan fingerprint density at radius 2 is 2.06 bits per heavy atom. The van der Waals surface area contributed by atoms with Crippen LogP contribution >= 0.6 is 0 Å². The molecule has 1 heterocycles. The molecule has 0 bridgehead atoms. The van der Waals surface area contributed by atoms with Crippen LogP contribution in [0.1, 0.15) is 32.6 Å². The lowest BCUT2D eigenvalue weighted by Crippen LogP contribution is -2.14. The topological polar surface area (TPSA) is 65.2 Å². The van der Waals surface area contributed by atoms with Gasteiger partial charge in [0.05, 0.1) is 12.2 Å². The van der Waals surface area contributed by atoms with E-state index in [-0.39, 0.29) is 18.2 Å². The van der Waals surface area contributed by atoms with E-state index in [4.69, 9.17) is 0 Å². The second kappa shape index (κ2) is 7.48. The predicted molar refractivity (Wildman–Crippen MR) is 75.5 cm³/mol. The number of nitrogens with zero attached hydrogens (tertiary/aromatic N) is 2. The van der Waals surface area contributed by atoms with E-state index >= 15 is 0 Å². The number of allylic oxidation sites excluding steroid dienone is 2. The zero-order valence-electron chi connectivity index (χ0n) is 10.8. The van der Waals surface area contributed by atoms with Crippen LogP contribution in [-0.4, -0.2) is 28.4 Å². The molecule has 18 heavy (non-hydrogen) atoms. The molecule has 0 spiro atoms. The third kappa shape index (κ3) is 4.99. The van der Waals surface area contributed by atoms with Crippen molar-refractivity contribution < 1.29 is 10.2 Å². The summed E-state index contributed by atoms with van der Waals surface area (Å²) >= 11 is 0. The van der Waals surface area contributed by atoms with Crippen molar-refractivity contribution in [1.82, 2.24) is 0 Å². The van der Waals surface area contributed by atoms with Crippen LogP contribution in [0.4, 0.5) is 0 Å². The number of hydrogen-bond donors (Lipinski definition) is 2. The van der Waals surface area contributed by atoms with Gasteiger partial charge in [-0.3, -0.25) is 0 Å². The van der Waals surface area contributed by atoms with Crippen molar-refractivity contribution >= 4 is 11.6 Å². The van der Waals surface area contributed by atoms with Gasteiger partial charge in [0.1, 0.15) is 11.5 Å².